The molecule has 7 nitrogen and oxygen atoms in total. The monoisotopic (exact) mass is 386 g/mol. The molecule has 1 aromatic carbocycles. The minimum atomic E-state index is -3.76. The third-order valence-electron chi connectivity index (χ3n) is 5.08. The summed E-state index contributed by atoms with van der Waals surface area (Å²) in [6, 6.07) is 9.42. The highest BCUT2D eigenvalue weighted by atomic mass is 32.2. The normalized spacial score (nSPS) is 14.6. The Morgan fingerprint density at radius 3 is 2.52 bits per heavy atom. The van der Waals surface area contributed by atoms with Crippen LogP contribution in [0.3, 0.4) is 0 Å². The number of hydrogen-bond acceptors (Lipinski definition) is 5. The van der Waals surface area contributed by atoms with Crippen molar-refractivity contribution in [3.8, 4) is 11.5 Å². The van der Waals surface area contributed by atoms with E-state index in [4.69, 9.17) is 4.42 Å². The summed E-state index contributed by atoms with van der Waals surface area (Å²) in [6.07, 6.45) is 2.08. The topological polar surface area (TPSA) is 90.0 Å². The lowest BCUT2D eigenvalue weighted by Crippen LogP contribution is -2.24. The average Bonchev–Trinajstić information content (AvgIpc) is 3.35. The summed E-state index contributed by atoms with van der Waals surface area (Å²) in [4.78, 5) is 0.199. The van der Waals surface area contributed by atoms with E-state index in [-0.39, 0.29) is 17.3 Å². The molecule has 2 aromatic heterocycles. The SMILES string of the molecule is Cc1c(-c2nnc(C3CC3)o2)c(S(=O)(=O)NCc2ccccc2)c(C)n1C. The fourth-order valence-electron chi connectivity index (χ4n) is 3.17. The summed E-state index contributed by atoms with van der Waals surface area (Å²) >= 11 is 0. The maximum Gasteiger partial charge on any atom is 0.250 e. The van der Waals surface area contributed by atoms with Gasteiger partial charge in [0.2, 0.25) is 15.9 Å². The maximum absolute atomic E-state index is 13.1. The quantitative estimate of drug-likeness (QED) is 0.703. The van der Waals surface area contributed by atoms with Crippen molar-refractivity contribution in [3.63, 3.8) is 0 Å². The predicted molar refractivity (Wildman–Crippen MR) is 101 cm³/mol. The molecule has 0 spiro atoms. The molecule has 0 amide bonds. The van der Waals surface area contributed by atoms with Gasteiger partial charge in [-0.15, -0.1) is 10.2 Å². The van der Waals surface area contributed by atoms with Gasteiger partial charge in [-0.2, -0.15) is 0 Å². The van der Waals surface area contributed by atoms with Crippen molar-refractivity contribution in [2.75, 3.05) is 0 Å². The van der Waals surface area contributed by atoms with Gasteiger partial charge >= 0.3 is 0 Å². The second kappa shape index (κ2) is 6.61. The molecule has 1 fully saturated rings. The van der Waals surface area contributed by atoms with E-state index in [0.29, 0.717) is 23.1 Å². The molecule has 2 heterocycles. The van der Waals surface area contributed by atoms with E-state index < -0.39 is 10.0 Å². The Morgan fingerprint density at radius 1 is 1.15 bits per heavy atom. The van der Waals surface area contributed by atoms with Crippen LogP contribution in [0.25, 0.3) is 11.5 Å². The smallest absolute Gasteiger partial charge is 0.250 e. The van der Waals surface area contributed by atoms with Crippen molar-refractivity contribution in [2.24, 2.45) is 7.05 Å². The summed E-state index contributed by atoms with van der Waals surface area (Å²) in [5, 5.41) is 8.24. The van der Waals surface area contributed by atoms with E-state index in [9.17, 15) is 8.42 Å². The number of benzene rings is 1. The summed E-state index contributed by atoms with van der Waals surface area (Å²) < 4.78 is 36.6. The molecule has 1 N–H and O–H groups in total. The van der Waals surface area contributed by atoms with E-state index in [1.54, 1.807) is 6.92 Å². The van der Waals surface area contributed by atoms with Crippen LogP contribution in [0.15, 0.2) is 39.6 Å². The third kappa shape index (κ3) is 3.30. The molecular formula is C19H22N4O3S. The largest absolute Gasteiger partial charge is 0.420 e. The number of sulfonamides is 1. The van der Waals surface area contributed by atoms with Crippen LogP contribution in [0.1, 0.15) is 41.6 Å². The molecule has 27 heavy (non-hydrogen) atoms. The zero-order valence-corrected chi connectivity index (χ0v) is 16.4. The molecule has 0 bridgehead atoms. The van der Waals surface area contributed by atoms with Gasteiger partial charge in [0.15, 0.2) is 0 Å². The van der Waals surface area contributed by atoms with Crippen LogP contribution in [0, 0.1) is 13.8 Å². The number of rotatable bonds is 6. The fourth-order valence-corrected chi connectivity index (χ4v) is 4.71. The second-order valence-electron chi connectivity index (χ2n) is 6.96. The molecule has 1 aliphatic rings. The number of aromatic nitrogens is 3. The Morgan fingerprint density at radius 2 is 1.85 bits per heavy atom. The van der Waals surface area contributed by atoms with E-state index >= 15 is 0 Å². The predicted octanol–water partition coefficient (Wildman–Crippen LogP) is 3.05. The second-order valence-corrected chi connectivity index (χ2v) is 8.67. The number of nitrogens with one attached hydrogen (secondary N) is 1. The zero-order valence-electron chi connectivity index (χ0n) is 15.6. The first-order valence-corrected chi connectivity index (χ1v) is 10.4. The molecule has 1 saturated carbocycles. The van der Waals surface area contributed by atoms with Gasteiger partial charge in [-0.25, -0.2) is 13.1 Å². The Balaban J connectivity index is 1.73. The Kier molecular flexibility index (Phi) is 4.39. The molecule has 0 unspecified atom stereocenters. The van der Waals surface area contributed by atoms with Crippen molar-refractivity contribution < 1.29 is 12.8 Å². The van der Waals surface area contributed by atoms with E-state index in [1.807, 2.05) is 48.9 Å². The molecule has 0 radical (unpaired) electrons. The minimum Gasteiger partial charge on any atom is -0.420 e. The number of hydrogen-bond donors (Lipinski definition) is 1. The summed E-state index contributed by atoms with van der Waals surface area (Å²) in [6.45, 7) is 3.86. The van der Waals surface area contributed by atoms with Crippen LogP contribution in [0.4, 0.5) is 0 Å². The van der Waals surface area contributed by atoms with Crippen molar-refractivity contribution in [3.05, 3.63) is 53.2 Å². The minimum absolute atomic E-state index is 0.199. The summed E-state index contributed by atoms with van der Waals surface area (Å²) in [5.74, 6) is 1.16. The van der Waals surface area contributed by atoms with Gasteiger partial charge < -0.3 is 8.98 Å². The highest BCUT2D eigenvalue weighted by Gasteiger charge is 2.33. The molecule has 4 rings (SSSR count). The molecule has 1 aliphatic carbocycles. The van der Waals surface area contributed by atoms with Gasteiger partial charge in [0.05, 0.1) is 5.56 Å². The average molecular weight is 386 g/mol. The fraction of sp³-hybridized carbons (Fsp3) is 0.368. The van der Waals surface area contributed by atoms with Gasteiger partial charge in [0.1, 0.15) is 4.90 Å². The third-order valence-corrected chi connectivity index (χ3v) is 6.64. The van der Waals surface area contributed by atoms with Gasteiger partial charge in [0.25, 0.3) is 5.89 Å². The molecule has 8 heteroatoms. The van der Waals surface area contributed by atoms with Crippen molar-refractivity contribution >= 4 is 10.0 Å². The van der Waals surface area contributed by atoms with Gasteiger partial charge in [-0.1, -0.05) is 30.3 Å². The molecule has 142 valence electrons. The number of nitrogens with zero attached hydrogens (tertiary/aromatic N) is 3. The van der Waals surface area contributed by atoms with Crippen molar-refractivity contribution in [1.29, 1.82) is 0 Å². The first-order valence-electron chi connectivity index (χ1n) is 8.91. The Hall–Kier alpha value is -2.45. The molecular weight excluding hydrogens is 364 g/mol. The summed E-state index contributed by atoms with van der Waals surface area (Å²) in [5.41, 5.74) is 2.78. The highest BCUT2D eigenvalue weighted by molar-refractivity contribution is 7.89. The first kappa shape index (κ1) is 17.9. The van der Waals surface area contributed by atoms with Crippen LogP contribution in [0.5, 0.6) is 0 Å². The van der Waals surface area contributed by atoms with Gasteiger partial charge in [-0.05, 0) is 32.3 Å². The maximum atomic E-state index is 13.1. The van der Waals surface area contributed by atoms with Crippen LogP contribution in [-0.4, -0.2) is 23.2 Å². The summed E-state index contributed by atoms with van der Waals surface area (Å²) in [7, 11) is -1.93. The van der Waals surface area contributed by atoms with E-state index in [1.165, 1.54) is 0 Å². The molecule has 0 saturated heterocycles. The van der Waals surface area contributed by atoms with Crippen molar-refractivity contribution in [2.45, 2.75) is 44.0 Å². The Labute approximate surface area is 158 Å². The van der Waals surface area contributed by atoms with Crippen LogP contribution < -0.4 is 4.72 Å². The lowest BCUT2D eigenvalue weighted by Gasteiger charge is -2.08. The van der Waals surface area contributed by atoms with Crippen molar-refractivity contribution in [1.82, 2.24) is 19.5 Å². The molecule has 0 aliphatic heterocycles. The molecule has 3 aromatic rings. The van der Waals surface area contributed by atoms with Gasteiger partial charge in [-0.3, -0.25) is 0 Å². The zero-order chi connectivity index (χ0) is 19.2. The van der Waals surface area contributed by atoms with Crippen LogP contribution >= 0.6 is 0 Å². The van der Waals surface area contributed by atoms with Crippen LogP contribution in [-0.2, 0) is 23.6 Å². The van der Waals surface area contributed by atoms with E-state index in [0.717, 1.165) is 24.1 Å². The van der Waals surface area contributed by atoms with Crippen LogP contribution in [0.2, 0.25) is 0 Å². The first-order chi connectivity index (χ1) is 12.9. The molecule has 0 atom stereocenters. The lowest BCUT2D eigenvalue weighted by molar-refractivity contribution is 0.506. The Bertz CT molecular complexity index is 1080. The van der Waals surface area contributed by atoms with Gasteiger partial charge in [0, 0.05) is 30.9 Å². The van der Waals surface area contributed by atoms with E-state index in [2.05, 4.69) is 14.9 Å². The highest BCUT2D eigenvalue weighted by Crippen LogP contribution is 2.41. The lowest BCUT2D eigenvalue weighted by atomic mass is 10.2. The standard InChI is InChI=1S/C19H22N4O3S/c1-12-16(19-22-21-18(26-19)15-9-10-15)17(13(2)23(12)3)27(24,25)20-11-14-7-5-4-6-8-14/h4-8,15,20H,9-11H2,1-3H3.